The van der Waals surface area contributed by atoms with Crippen molar-refractivity contribution in [2.45, 2.75) is 20.4 Å². The minimum absolute atomic E-state index is 0.133. The summed E-state index contributed by atoms with van der Waals surface area (Å²) in [5, 5.41) is 2.88. The van der Waals surface area contributed by atoms with Gasteiger partial charge in [0.2, 0.25) is 0 Å². The quantitative estimate of drug-likeness (QED) is 0.899. The number of carbonyl (C=O) groups excluding carboxylic acids is 1. The van der Waals surface area contributed by atoms with Crippen molar-refractivity contribution in [2.24, 2.45) is 0 Å². The fraction of sp³-hybridized carbons (Fsp3) is 0.267. The van der Waals surface area contributed by atoms with Crippen molar-refractivity contribution in [1.29, 1.82) is 0 Å². The Balaban J connectivity index is 2.16. The minimum Gasteiger partial charge on any atom is -0.494 e. The third kappa shape index (κ3) is 3.42. The molecule has 1 heterocycles. The van der Waals surface area contributed by atoms with Gasteiger partial charge in [0.25, 0.3) is 5.91 Å². The number of amides is 1. The van der Waals surface area contributed by atoms with Gasteiger partial charge in [-0.2, -0.15) is 0 Å². The van der Waals surface area contributed by atoms with Crippen molar-refractivity contribution in [3.63, 3.8) is 0 Å². The summed E-state index contributed by atoms with van der Waals surface area (Å²) < 4.78 is 8.21. The number of ether oxygens (including phenoxy) is 1. The number of hydrogen-bond acceptors (Lipinski definition) is 2. The maximum atomic E-state index is 12.3. The van der Waals surface area contributed by atoms with Crippen LogP contribution < -0.4 is 10.1 Å². The summed E-state index contributed by atoms with van der Waals surface area (Å²) in [6, 6.07) is 9.19. The van der Waals surface area contributed by atoms with Gasteiger partial charge < -0.3 is 14.6 Å². The second-order valence-electron chi connectivity index (χ2n) is 4.24. The lowest BCUT2D eigenvalue weighted by Gasteiger charge is -2.09. The molecule has 0 aliphatic rings. The molecule has 0 saturated carbocycles. The summed E-state index contributed by atoms with van der Waals surface area (Å²) in [4.78, 5) is 12.3. The van der Waals surface area contributed by atoms with Crippen LogP contribution in [0.4, 0.5) is 5.69 Å². The fourth-order valence-electron chi connectivity index (χ4n) is 1.95. The standard InChI is InChI=1S/C15H17BrN2O2/c1-3-18-10-11(16)8-14(18)15(19)17-12-6-5-7-13(9-12)20-4-2/h5-10H,3-4H2,1-2H3,(H,17,19). The number of carbonyl (C=O) groups is 1. The number of anilines is 1. The molecule has 5 heteroatoms. The molecule has 0 atom stereocenters. The van der Waals surface area contributed by atoms with Crippen LogP contribution >= 0.6 is 15.9 Å². The van der Waals surface area contributed by atoms with Gasteiger partial charge in [-0.05, 0) is 48.0 Å². The van der Waals surface area contributed by atoms with Gasteiger partial charge in [-0.1, -0.05) is 6.07 Å². The Hall–Kier alpha value is -1.75. The number of halogens is 1. The van der Waals surface area contributed by atoms with Gasteiger partial charge in [0.15, 0.2) is 0 Å². The first-order valence-corrected chi connectivity index (χ1v) is 7.33. The van der Waals surface area contributed by atoms with Crippen molar-refractivity contribution < 1.29 is 9.53 Å². The van der Waals surface area contributed by atoms with Gasteiger partial charge in [-0.25, -0.2) is 0 Å². The topological polar surface area (TPSA) is 43.3 Å². The predicted molar refractivity (Wildman–Crippen MR) is 83.4 cm³/mol. The summed E-state index contributed by atoms with van der Waals surface area (Å²) >= 11 is 3.39. The van der Waals surface area contributed by atoms with Crippen molar-refractivity contribution >= 4 is 27.5 Å². The molecular weight excluding hydrogens is 320 g/mol. The van der Waals surface area contributed by atoms with Gasteiger partial charge in [0.05, 0.1) is 6.61 Å². The lowest BCUT2D eigenvalue weighted by atomic mass is 10.3. The van der Waals surface area contributed by atoms with Crippen molar-refractivity contribution in [3.05, 3.63) is 46.7 Å². The van der Waals surface area contributed by atoms with Gasteiger partial charge >= 0.3 is 0 Å². The van der Waals surface area contributed by atoms with Crippen LogP contribution in [0.15, 0.2) is 41.0 Å². The van der Waals surface area contributed by atoms with Crippen LogP contribution in [0.5, 0.6) is 5.75 Å². The van der Waals surface area contributed by atoms with Crippen LogP contribution in [-0.4, -0.2) is 17.1 Å². The fourth-order valence-corrected chi connectivity index (χ4v) is 2.42. The molecule has 1 aromatic heterocycles. The van der Waals surface area contributed by atoms with Crippen LogP contribution in [0.1, 0.15) is 24.3 Å². The summed E-state index contributed by atoms with van der Waals surface area (Å²) in [6.07, 6.45) is 1.89. The minimum atomic E-state index is -0.133. The summed E-state index contributed by atoms with van der Waals surface area (Å²) in [5.41, 5.74) is 1.35. The average molecular weight is 337 g/mol. The van der Waals surface area contributed by atoms with Gasteiger partial charge in [-0.3, -0.25) is 4.79 Å². The first kappa shape index (κ1) is 14.7. The van der Waals surface area contributed by atoms with E-state index < -0.39 is 0 Å². The molecule has 20 heavy (non-hydrogen) atoms. The SMILES string of the molecule is CCOc1cccc(NC(=O)c2cc(Br)cn2CC)c1. The number of benzene rings is 1. The molecule has 2 rings (SSSR count). The predicted octanol–water partition coefficient (Wildman–Crippen LogP) is 3.92. The smallest absolute Gasteiger partial charge is 0.272 e. The maximum Gasteiger partial charge on any atom is 0.272 e. The number of nitrogens with zero attached hydrogens (tertiary/aromatic N) is 1. The van der Waals surface area contributed by atoms with E-state index >= 15 is 0 Å². The summed E-state index contributed by atoms with van der Waals surface area (Å²) in [7, 11) is 0. The summed E-state index contributed by atoms with van der Waals surface area (Å²) in [6.45, 7) is 5.27. The molecule has 0 aliphatic heterocycles. The van der Waals surface area contributed by atoms with Crippen molar-refractivity contribution in [1.82, 2.24) is 4.57 Å². The third-order valence-corrected chi connectivity index (χ3v) is 3.27. The van der Waals surface area contributed by atoms with Crippen molar-refractivity contribution in [3.8, 4) is 5.75 Å². The highest BCUT2D eigenvalue weighted by atomic mass is 79.9. The highest BCUT2D eigenvalue weighted by molar-refractivity contribution is 9.10. The van der Waals surface area contributed by atoms with Crippen molar-refractivity contribution in [2.75, 3.05) is 11.9 Å². The second-order valence-corrected chi connectivity index (χ2v) is 5.16. The van der Waals surface area contributed by atoms with Crippen LogP contribution in [0.25, 0.3) is 0 Å². The molecule has 0 unspecified atom stereocenters. The lowest BCUT2D eigenvalue weighted by Crippen LogP contribution is -2.16. The number of nitrogens with one attached hydrogen (secondary N) is 1. The average Bonchev–Trinajstić information content (AvgIpc) is 2.81. The third-order valence-electron chi connectivity index (χ3n) is 2.84. The molecule has 2 aromatic rings. The van der Waals surface area contributed by atoms with Crippen LogP contribution in [-0.2, 0) is 6.54 Å². The Morgan fingerprint density at radius 3 is 2.85 bits per heavy atom. The monoisotopic (exact) mass is 336 g/mol. The largest absolute Gasteiger partial charge is 0.494 e. The van der Waals surface area contributed by atoms with E-state index in [4.69, 9.17) is 4.74 Å². The second kappa shape index (κ2) is 6.61. The van der Waals surface area contributed by atoms with Crippen LogP contribution in [0.2, 0.25) is 0 Å². The van der Waals surface area contributed by atoms with E-state index in [1.54, 1.807) is 0 Å². The van der Waals surface area contributed by atoms with Crippen LogP contribution in [0.3, 0.4) is 0 Å². The number of hydrogen-bond donors (Lipinski definition) is 1. The highest BCUT2D eigenvalue weighted by Gasteiger charge is 2.12. The molecule has 0 aliphatic carbocycles. The van der Waals surface area contributed by atoms with E-state index in [2.05, 4.69) is 21.2 Å². The molecule has 106 valence electrons. The zero-order chi connectivity index (χ0) is 14.5. The Morgan fingerprint density at radius 2 is 2.15 bits per heavy atom. The van der Waals surface area contributed by atoms with E-state index in [-0.39, 0.29) is 5.91 Å². The van der Waals surface area contributed by atoms with Gasteiger partial charge in [0, 0.05) is 29.0 Å². The van der Waals surface area contributed by atoms with E-state index in [1.807, 2.05) is 54.9 Å². The molecule has 1 amide bonds. The number of rotatable bonds is 5. The van der Waals surface area contributed by atoms with E-state index in [0.29, 0.717) is 12.3 Å². The van der Waals surface area contributed by atoms with E-state index in [1.165, 1.54) is 0 Å². The Labute approximate surface area is 126 Å². The lowest BCUT2D eigenvalue weighted by molar-refractivity contribution is 0.101. The molecule has 1 N–H and O–H groups in total. The molecule has 0 fully saturated rings. The molecule has 0 saturated heterocycles. The van der Waals surface area contributed by atoms with Gasteiger partial charge in [-0.15, -0.1) is 0 Å². The maximum absolute atomic E-state index is 12.3. The first-order valence-electron chi connectivity index (χ1n) is 6.54. The summed E-state index contributed by atoms with van der Waals surface area (Å²) in [5.74, 6) is 0.614. The Kier molecular flexibility index (Phi) is 4.84. The first-order chi connectivity index (χ1) is 9.63. The Bertz CT molecular complexity index is 608. The number of aromatic nitrogens is 1. The Morgan fingerprint density at radius 1 is 1.35 bits per heavy atom. The number of aryl methyl sites for hydroxylation is 1. The molecule has 1 aromatic carbocycles. The zero-order valence-electron chi connectivity index (χ0n) is 11.5. The van der Waals surface area contributed by atoms with E-state index in [0.717, 1.165) is 22.5 Å². The van der Waals surface area contributed by atoms with Crippen LogP contribution in [0, 0.1) is 0 Å². The molecule has 4 nitrogen and oxygen atoms in total. The molecule has 0 radical (unpaired) electrons. The highest BCUT2D eigenvalue weighted by Crippen LogP contribution is 2.20. The molecular formula is C15H17BrN2O2. The van der Waals surface area contributed by atoms with E-state index in [9.17, 15) is 4.79 Å². The zero-order valence-corrected chi connectivity index (χ0v) is 13.1. The molecule has 0 spiro atoms. The van der Waals surface area contributed by atoms with Gasteiger partial charge in [0.1, 0.15) is 11.4 Å². The normalized spacial score (nSPS) is 10.3. The molecule has 0 bridgehead atoms.